The monoisotopic (exact) mass is 359 g/mol. The van der Waals surface area contributed by atoms with E-state index >= 15 is 0 Å². The van der Waals surface area contributed by atoms with Crippen molar-refractivity contribution in [2.45, 2.75) is 19.1 Å². The van der Waals surface area contributed by atoms with Crippen LogP contribution in [-0.4, -0.2) is 34.7 Å². The Morgan fingerprint density at radius 2 is 1.96 bits per heavy atom. The summed E-state index contributed by atoms with van der Waals surface area (Å²) in [6.45, 7) is 1.89. The second-order valence-corrected chi connectivity index (χ2v) is 6.50. The van der Waals surface area contributed by atoms with Crippen LogP contribution < -0.4 is 34.7 Å². The SMILES string of the molecule is O=C([O-])C1CN(Cc2ccc(C3=NOC(c4ccccn4)C3)cc2)C1.[Na+]. The first kappa shape index (κ1) is 19.0. The number of aromatic nitrogens is 1. The van der Waals surface area contributed by atoms with Crippen molar-refractivity contribution in [3.05, 3.63) is 65.5 Å². The average Bonchev–Trinajstić information content (AvgIpc) is 3.09. The van der Waals surface area contributed by atoms with Gasteiger partial charge in [0.2, 0.25) is 0 Å². The molecule has 1 fully saturated rings. The molecular weight excluding hydrogens is 341 g/mol. The van der Waals surface area contributed by atoms with Gasteiger partial charge in [-0.3, -0.25) is 9.88 Å². The second-order valence-electron chi connectivity index (χ2n) is 6.50. The molecular formula is C19H18N3NaO3. The Hall–Kier alpha value is -1.73. The molecule has 1 aromatic carbocycles. The molecule has 3 heterocycles. The third-order valence-electron chi connectivity index (χ3n) is 4.67. The Kier molecular flexibility index (Phi) is 6.09. The van der Waals surface area contributed by atoms with Gasteiger partial charge in [-0.15, -0.1) is 0 Å². The summed E-state index contributed by atoms with van der Waals surface area (Å²) < 4.78 is 0. The fourth-order valence-electron chi connectivity index (χ4n) is 3.18. The Labute approximate surface area is 174 Å². The van der Waals surface area contributed by atoms with Crippen LogP contribution in [0, 0.1) is 5.92 Å². The molecule has 26 heavy (non-hydrogen) atoms. The standard InChI is InChI=1S/C19H19N3O3.Na/c23-19(24)15-11-22(12-15)10-13-4-6-14(7-5-13)17-9-18(25-21-17)16-3-1-2-8-20-16;/h1-8,15,18H,9-12H2,(H,23,24);/q;+1/p-1. The van der Waals surface area contributed by atoms with Crippen molar-refractivity contribution < 1.29 is 44.3 Å². The number of pyridine rings is 1. The number of likely N-dealkylation sites (tertiary alicyclic amines) is 1. The molecule has 7 heteroatoms. The molecule has 1 aromatic heterocycles. The van der Waals surface area contributed by atoms with Gasteiger partial charge in [-0.1, -0.05) is 35.5 Å². The molecule has 2 aromatic rings. The summed E-state index contributed by atoms with van der Waals surface area (Å²) in [5, 5.41) is 14.9. The molecule has 2 aliphatic rings. The Morgan fingerprint density at radius 3 is 2.62 bits per heavy atom. The van der Waals surface area contributed by atoms with Crippen molar-refractivity contribution in [2.75, 3.05) is 13.1 Å². The molecule has 1 unspecified atom stereocenters. The maximum Gasteiger partial charge on any atom is 1.00 e. The van der Waals surface area contributed by atoms with E-state index in [0.717, 1.165) is 29.1 Å². The molecule has 0 bridgehead atoms. The van der Waals surface area contributed by atoms with Crippen LogP contribution >= 0.6 is 0 Å². The summed E-state index contributed by atoms with van der Waals surface area (Å²) >= 11 is 0. The van der Waals surface area contributed by atoms with Crippen LogP contribution in [0.15, 0.2) is 53.8 Å². The van der Waals surface area contributed by atoms with Gasteiger partial charge in [0.1, 0.15) is 0 Å². The zero-order valence-corrected chi connectivity index (χ0v) is 16.7. The number of carboxylic acids is 1. The fourth-order valence-corrected chi connectivity index (χ4v) is 3.18. The zero-order valence-electron chi connectivity index (χ0n) is 14.7. The van der Waals surface area contributed by atoms with E-state index < -0.39 is 5.97 Å². The van der Waals surface area contributed by atoms with Gasteiger partial charge in [0, 0.05) is 44.1 Å². The van der Waals surface area contributed by atoms with Gasteiger partial charge >= 0.3 is 29.6 Å². The number of nitrogens with zero attached hydrogens (tertiary/aromatic N) is 3. The third-order valence-corrected chi connectivity index (χ3v) is 4.67. The minimum atomic E-state index is -0.951. The van der Waals surface area contributed by atoms with Crippen LogP contribution in [0.1, 0.15) is 29.3 Å². The molecule has 4 rings (SSSR count). The van der Waals surface area contributed by atoms with E-state index in [1.54, 1.807) is 6.20 Å². The summed E-state index contributed by atoms with van der Waals surface area (Å²) in [7, 11) is 0. The number of aliphatic carboxylic acids is 1. The van der Waals surface area contributed by atoms with Crippen molar-refractivity contribution in [1.82, 2.24) is 9.88 Å². The van der Waals surface area contributed by atoms with Crippen molar-refractivity contribution in [1.29, 1.82) is 0 Å². The van der Waals surface area contributed by atoms with Gasteiger partial charge in [0.05, 0.1) is 11.4 Å². The summed E-state index contributed by atoms with van der Waals surface area (Å²) in [4.78, 5) is 22.7. The van der Waals surface area contributed by atoms with E-state index in [0.29, 0.717) is 19.5 Å². The molecule has 1 saturated heterocycles. The van der Waals surface area contributed by atoms with Gasteiger partial charge in [0.15, 0.2) is 6.10 Å². The van der Waals surface area contributed by atoms with Crippen LogP contribution in [0.5, 0.6) is 0 Å². The number of hydrogen-bond acceptors (Lipinski definition) is 6. The number of oxime groups is 1. The van der Waals surface area contributed by atoms with Crippen molar-refractivity contribution >= 4 is 11.7 Å². The number of carbonyl (C=O) groups is 1. The molecule has 0 saturated carbocycles. The molecule has 0 radical (unpaired) electrons. The van der Waals surface area contributed by atoms with Gasteiger partial charge in [-0.05, 0) is 23.3 Å². The van der Waals surface area contributed by atoms with Gasteiger partial charge in [0.25, 0.3) is 0 Å². The molecule has 0 spiro atoms. The first-order chi connectivity index (χ1) is 12.2. The molecule has 0 N–H and O–H groups in total. The largest absolute Gasteiger partial charge is 1.00 e. The summed E-state index contributed by atoms with van der Waals surface area (Å²) in [5.41, 5.74) is 4.00. The fraction of sp³-hybridized carbons (Fsp3) is 0.316. The normalized spacial score (nSPS) is 19.8. The van der Waals surface area contributed by atoms with E-state index in [9.17, 15) is 9.90 Å². The average molecular weight is 359 g/mol. The maximum atomic E-state index is 10.7. The Bertz CT molecular complexity index is 789. The smallest absolute Gasteiger partial charge is 0.550 e. The second kappa shape index (κ2) is 8.31. The van der Waals surface area contributed by atoms with E-state index in [1.807, 2.05) is 30.3 Å². The molecule has 0 amide bonds. The van der Waals surface area contributed by atoms with Crippen LogP contribution in [0.3, 0.4) is 0 Å². The predicted octanol–water partition coefficient (Wildman–Crippen LogP) is -1.87. The molecule has 6 nitrogen and oxygen atoms in total. The first-order valence-electron chi connectivity index (χ1n) is 8.35. The van der Waals surface area contributed by atoms with Gasteiger partial charge in [-0.2, -0.15) is 0 Å². The van der Waals surface area contributed by atoms with E-state index in [1.165, 1.54) is 0 Å². The predicted molar refractivity (Wildman–Crippen MR) is 89.4 cm³/mol. The van der Waals surface area contributed by atoms with Crippen LogP contribution in [0.25, 0.3) is 0 Å². The van der Waals surface area contributed by atoms with Crippen LogP contribution in [-0.2, 0) is 16.2 Å². The summed E-state index contributed by atoms with van der Waals surface area (Å²) in [6, 6.07) is 13.9. The maximum absolute atomic E-state index is 10.7. The number of carbonyl (C=O) groups excluding carboxylic acids is 1. The number of carboxylic acid groups (broad SMARTS) is 1. The quantitative estimate of drug-likeness (QED) is 0.585. The summed E-state index contributed by atoms with van der Waals surface area (Å²) in [6.07, 6.45) is 2.33. The van der Waals surface area contributed by atoms with E-state index in [2.05, 4.69) is 27.2 Å². The molecule has 1 atom stereocenters. The van der Waals surface area contributed by atoms with Crippen molar-refractivity contribution in [3.8, 4) is 0 Å². The number of benzene rings is 1. The van der Waals surface area contributed by atoms with Crippen LogP contribution in [0.2, 0.25) is 0 Å². The molecule has 2 aliphatic heterocycles. The number of rotatable bonds is 5. The molecule has 128 valence electrons. The van der Waals surface area contributed by atoms with Crippen molar-refractivity contribution in [2.24, 2.45) is 11.1 Å². The minimum absolute atomic E-state index is 0. The van der Waals surface area contributed by atoms with E-state index in [-0.39, 0.29) is 41.6 Å². The topological polar surface area (TPSA) is 77.8 Å². The number of hydrogen-bond donors (Lipinski definition) is 0. The minimum Gasteiger partial charge on any atom is -0.550 e. The Balaban J connectivity index is 0.00000196. The zero-order chi connectivity index (χ0) is 17.2. The van der Waals surface area contributed by atoms with Crippen molar-refractivity contribution in [3.63, 3.8) is 0 Å². The third kappa shape index (κ3) is 4.15. The van der Waals surface area contributed by atoms with Gasteiger partial charge in [-0.25, -0.2) is 0 Å². The Morgan fingerprint density at radius 1 is 1.19 bits per heavy atom. The first-order valence-corrected chi connectivity index (χ1v) is 8.35. The van der Waals surface area contributed by atoms with E-state index in [4.69, 9.17) is 4.84 Å². The summed E-state index contributed by atoms with van der Waals surface area (Å²) in [5.74, 6) is -1.28. The van der Waals surface area contributed by atoms with Crippen LogP contribution in [0.4, 0.5) is 0 Å². The van der Waals surface area contributed by atoms with Gasteiger partial charge < -0.3 is 14.7 Å². The molecule has 0 aliphatic carbocycles.